The Morgan fingerprint density at radius 3 is 2.97 bits per heavy atom. The van der Waals surface area contributed by atoms with Crippen molar-refractivity contribution >= 4 is 5.91 Å². The standard InChI is InChI=1S/C22H27N5O3/c1-16-6-7-19(29-16)15-27-12-3-5-17(8-11-24-20(28)9-13-27)22-25-21(26-30-22)18-4-2-10-23-14-18/h2,4,6-7,10,14,17H,3,5,8-9,11-13,15H2,1H3,(H,24,28). The SMILES string of the molecule is Cc1ccc(CN2CCCC(c3nc(-c4cccnc4)no3)CCNC(=O)CC2)o1. The van der Waals surface area contributed by atoms with Gasteiger partial charge >= 0.3 is 0 Å². The third kappa shape index (κ3) is 5.33. The summed E-state index contributed by atoms with van der Waals surface area (Å²) in [6.45, 7) is 4.84. The lowest BCUT2D eigenvalue weighted by Gasteiger charge is -2.21. The van der Waals surface area contributed by atoms with E-state index in [1.165, 1.54) is 0 Å². The highest BCUT2D eigenvalue weighted by atomic mass is 16.5. The molecule has 1 fully saturated rings. The van der Waals surface area contributed by atoms with Gasteiger partial charge in [0.25, 0.3) is 0 Å². The van der Waals surface area contributed by atoms with Crippen LogP contribution in [0, 0.1) is 6.92 Å². The zero-order chi connectivity index (χ0) is 20.8. The molecule has 3 aromatic rings. The van der Waals surface area contributed by atoms with Gasteiger partial charge in [-0.05, 0) is 57.0 Å². The van der Waals surface area contributed by atoms with Gasteiger partial charge in [-0.3, -0.25) is 14.7 Å². The van der Waals surface area contributed by atoms with Crippen LogP contribution in [-0.4, -0.2) is 45.6 Å². The highest BCUT2D eigenvalue weighted by Gasteiger charge is 2.22. The molecule has 4 heterocycles. The molecule has 1 atom stereocenters. The molecule has 158 valence electrons. The zero-order valence-corrected chi connectivity index (χ0v) is 17.2. The van der Waals surface area contributed by atoms with Gasteiger partial charge in [0.15, 0.2) is 0 Å². The second kappa shape index (κ2) is 9.67. The molecule has 8 nitrogen and oxygen atoms in total. The van der Waals surface area contributed by atoms with Gasteiger partial charge in [-0.15, -0.1) is 0 Å². The minimum absolute atomic E-state index is 0.0675. The molecule has 1 N–H and O–H groups in total. The summed E-state index contributed by atoms with van der Waals surface area (Å²) in [5, 5.41) is 7.15. The molecule has 0 aromatic carbocycles. The Morgan fingerprint density at radius 1 is 1.23 bits per heavy atom. The van der Waals surface area contributed by atoms with E-state index in [2.05, 4.69) is 25.3 Å². The predicted octanol–water partition coefficient (Wildman–Crippen LogP) is 3.31. The van der Waals surface area contributed by atoms with Crippen molar-refractivity contribution in [3.63, 3.8) is 0 Å². The Morgan fingerprint density at radius 2 is 2.17 bits per heavy atom. The Balaban J connectivity index is 1.43. The molecule has 1 aliphatic heterocycles. The maximum atomic E-state index is 12.2. The molecule has 1 saturated heterocycles. The topological polar surface area (TPSA) is 97.3 Å². The minimum atomic E-state index is 0.0675. The number of aromatic nitrogens is 3. The summed E-state index contributed by atoms with van der Waals surface area (Å²) >= 11 is 0. The average Bonchev–Trinajstić information content (AvgIpc) is 3.39. The molecule has 0 radical (unpaired) electrons. The molecule has 1 unspecified atom stereocenters. The third-order valence-corrected chi connectivity index (χ3v) is 5.38. The van der Waals surface area contributed by atoms with Crippen molar-refractivity contribution in [2.45, 2.75) is 45.1 Å². The van der Waals surface area contributed by atoms with Gasteiger partial charge in [0.05, 0.1) is 6.54 Å². The predicted molar refractivity (Wildman–Crippen MR) is 110 cm³/mol. The quantitative estimate of drug-likeness (QED) is 0.706. The maximum absolute atomic E-state index is 12.2. The molecule has 1 aliphatic rings. The summed E-state index contributed by atoms with van der Waals surface area (Å²) in [5.41, 5.74) is 0.831. The number of rotatable bonds is 4. The van der Waals surface area contributed by atoms with Crippen molar-refractivity contribution in [2.75, 3.05) is 19.6 Å². The monoisotopic (exact) mass is 409 g/mol. The van der Waals surface area contributed by atoms with Crippen molar-refractivity contribution in [1.82, 2.24) is 25.3 Å². The Hall–Kier alpha value is -3.00. The van der Waals surface area contributed by atoms with Crippen LogP contribution in [0.5, 0.6) is 0 Å². The van der Waals surface area contributed by atoms with Crippen LogP contribution in [0.25, 0.3) is 11.4 Å². The van der Waals surface area contributed by atoms with Crippen LogP contribution in [0.2, 0.25) is 0 Å². The van der Waals surface area contributed by atoms with E-state index in [4.69, 9.17) is 8.94 Å². The fourth-order valence-electron chi connectivity index (χ4n) is 3.76. The van der Waals surface area contributed by atoms with Gasteiger partial charge < -0.3 is 14.3 Å². The fourth-order valence-corrected chi connectivity index (χ4v) is 3.76. The van der Waals surface area contributed by atoms with E-state index in [0.29, 0.717) is 37.8 Å². The Bertz CT molecular complexity index is 953. The number of hydrogen-bond donors (Lipinski definition) is 1. The summed E-state index contributed by atoms with van der Waals surface area (Å²) in [4.78, 5) is 23.2. The Kier molecular flexibility index (Phi) is 6.53. The molecule has 1 amide bonds. The van der Waals surface area contributed by atoms with Crippen molar-refractivity contribution in [3.8, 4) is 11.4 Å². The van der Waals surface area contributed by atoms with Crippen LogP contribution in [-0.2, 0) is 11.3 Å². The first kappa shape index (κ1) is 20.3. The van der Waals surface area contributed by atoms with Gasteiger partial charge in [-0.1, -0.05) is 5.16 Å². The molecule has 3 aromatic heterocycles. The number of nitrogens with one attached hydrogen (secondary N) is 1. The van der Waals surface area contributed by atoms with Crippen molar-refractivity contribution in [1.29, 1.82) is 0 Å². The van der Waals surface area contributed by atoms with E-state index in [1.807, 2.05) is 31.2 Å². The first-order valence-corrected chi connectivity index (χ1v) is 10.5. The molecule has 30 heavy (non-hydrogen) atoms. The van der Waals surface area contributed by atoms with Gasteiger partial charge in [0, 0.05) is 43.4 Å². The number of amides is 1. The fraction of sp³-hybridized carbons (Fsp3) is 0.455. The first-order valence-electron chi connectivity index (χ1n) is 10.5. The second-order valence-electron chi connectivity index (χ2n) is 7.71. The minimum Gasteiger partial charge on any atom is -0.465 e. The highest BCUT2D eigenvalue weighted by molar-refractivity contribution is 5.76. The van der Waals surface area contributed by atoms with E-state index in [0.717, 1.165) is 42.9 Å². The van der Waals surface area contributed by atoms with Gasteiger partial charge in [0.1, 0.15) is 11.5 Å². The van der Waals surface area contributed by atoms with Crippen LogP contribution >= 0.6 is 0 Å². The normalized spacial score (nSPS) is 19.2. The lowest BCUT2D eigenvalue weighted by atomic mass is 9.99. The van der Waals surface area contributed by atoms with Crippen LogP contribution in [0.4, 0.5) is 0 Å². The Labute approximate surface area is 175 Å². The van der Waals surface area contributed by atoms with Crippen LogP contribution in [0.3, 0.4) is 0 Å². The average molecular weight is 409 g/mol. The second-order valence-corrected chi connectivity index (χ2v) is 7.71. The summed E-state index contributed by atoms with van der Waals surface area (Å²) in [7, 11) is 0. The molecular weight excluding hydrogens is 382 g/mol. The molecule has 4 rings (SSSR count). The van der Waals surface area contributed by atoms with E-state index in [9.17, 15) is 4.79 Å². The highest BCUT2D eigenvalue weighted by Crippen LogP contribution is 2.26. The molecule has 0 spiro atoms. The zero-order valence-electron chi connectivity index (χ0n) is 17.2. The summed E-state index contributed by atoms with van der Waals surface area (Å²) in [6.07, 6.45) is 6.59. The van der Waals surface area contributed by atoms with Crippen LogP contribution in [0.15, 0.2) is 45.6 Å². The van der Waals surface area contributed by atoms with Crippen molar-refractivity contribution < 1.29 is 13.7 Å². The number of aryl methyl sites for hydroxylation is 1. The molecule has 8 heteroatoms. The van der Waals surface area contributed by atoms with Crippen molar-refractivity contribution in [2.24, 2.45) is 0 Å². The molecule has 0 bridgehead atoms. The maximum Gasteiger partial charge on any atom is 0.230 e. The first-order chi connectivity index (χ1) is 14.7. The molecule has 0 saturated carbocycles. The number of carbonyl (C=O) groups excluding carboxylic acids is 1. The van der Waals surface area contributed by atoms with Gasteiger partial charge in [-0.2, -0.15) is 4.98 Å². The number of furan rings is 1. The number of hydrogen-bond acceptors (Lipinski definition) is 7. The number of pyridine rings is 1. The van der Waals surface area contributed by atoms with E-state index < -0.39 is 0 Å². The van der Waals surface area contributed by atoms with Crippen LogP contribution < -0.4 is 5.32 Å². The van der Waals surface area contributed by atoms with Gasteiger partial charge in [-0.25, -0.2) is 0 Å². The summed E-state index contributed by atoms with van der Waals surface area (Å²) in [6, 6.07) is 7.73. The van der Waals surface area contributed by atoms with E-state index >= 15 is 0 Å². The third-order valence-electron chi connectivity index (χ3n) is 5.38. The summed E-state index contributed by atoms with van der Waals surface area (Å²) < 4.78 is 11.3. The molecule has 0 aliphatic carbocycles. The number of carbonyl (C=O) groups is 1. The number of nitrogens with zero attached hydrogens (tertiary/aromatic N) is 4. The van der Waals surface area contributed by atoms with E-state index in [-0.39, 0.29) is 11.8 Å². The van der Waals surface area contributed by atoms with E-state index in [1.54, 1.807) is 12.4 Å². The van der Waals surface area contributed by atoms with Crippen LogP contribution in [0.1, 0.15) is 49.0 Å². The smallest absolute Gasteiger partial charge is 0.230 e. The summed E-state index contributed by atoms with van der Waals surface area (Å²) in [5.74, 6) is 3.17. The van der Waals surface area contributed by atoms with Crippen molar-refractivity contribution in [3.05, 3.63) is 54.1 Å². The molecular formula is C22H27N5O3. The largest absolute Gasteiger partial charge is 0.465 e. The lowest BCUT2D eigenvalue weighted by molar-refractivity contribution is -0.121. The van der Waals surface area contributed by atoms with Gasteiger partial charge in [0.2, 0.25) is 17.6 Å². The lowest BCUT2D eigenvalue weighted by Crippen LogP contribution is -2.31.